The molecule has 2 aromatic carbocycles. The number of fused-ring (bicyclic) bond motifs is 5. The molecule has 1 aliphatic carbocycles. The summed E-state index contributed by atoms with van der Waals surface area (Å²) in [4.78, 5) is 57.5. The van der Waals surface area contributed by atoms with Crippen molar-refractivity contribution in [3.63, 3.8) is 0 Å². The predicted molar refractivity (Wildman–Crippen MR) is 187 cm³/mol. The first kappa shape index (κ1) is 36.3. The van der Waals surface area contributed by atoms with Gasteiger partial charge in [0.2, 0.25) is 23.0 Å². The minimum Gasteiger partial charge on any atom is -0.595 e. The first-order valence-corrected chi connectivity index (χ1v) is 17.4. The number of hydrogen-bond acceptors (Lipinski definition) is 12. The maximum Gasteiger partial charge on any atom is 0.315 e. The van der Waals surface area contributed by atoms with Crippen molar-refractivity contribution in [2.75, 3.05) is 34.4 Å². The zero-order valence-electron chi connectivity index (χ0n) is 29.3. The maximum absolute atomic E-state index is 14.5. The molecule has 4 aliphatic rings. The molecular weight excluding hydrogens is 714 g/mol. The van der Waals surface area contributed by atoms with E-state index in [2.05, 4.69) is 0 Å². The number of ketones is 2. The van der Waals surface area contributed by atoms with E-state index >= 15 is 0 Å². The third-order valence-electron chi connectivity index (χ3n) is 11.0. The molecule has 1 fully saturated rings. The fourth-order valence-electron chi connectivity index (χ4n) is 8.45. The van der Waals surface area contributed by atoms with E-state index in [1.807, 2.05) is 0 Å². The van der Waals surface area contributed by atoms with Gasteiger partial charge in [0.1, 0.15) is 22.1 Å². The fraction of sp³-hybridized carbons (Fsp3) is 0.405. The van der Waals surface area contributed by atoms with Gasteiger partial charge in [-0.2, -0.15) is 5.23 Å². The maximum atomic E-state index is 14.5. The highest BCUT2D eigenvalue weighted by Crippen LogP contribution is 2.56. The van der Waals surface area contributed by atoms with Crippen molar-refractivity contribution >= 4 is 34.8 Å². The number of methoxy groups -OCH3 is 3. The predicted octanol–water partition coefficient (Wildman–Crippen LogP) is 3.19. The van der Waals surface area contributed by atoms with E-state index in [-0.39, 0.29) is 101 Å². The number of rotatable bonds is 8. The number of Topliss-reactive ketones (excluding diaryl/α,β-unsaturated/α-hetero) is 2. The van der Waals surface area contributed by atoms with Gasteiger partial charge in [0.05, 0.1) is 21.3 Å². The summed E-state index contributed by atoms with van der Waals surface area (Å²) in [6.07, 6.45) is 0.135. The number of aliphatic hydroxyl groups is 1. The van der Waals surface area contributed by atoms with Crippen molar-refractivity contribution in [2.24, 2.45) is 11.8 Å². The van der Waals surface area contributed by atoms with Gasteiger partial charge in [-0.05, 0) is 36.1 Å². The Hall–Kier alpha value is -5.09. The molecule has 1 spiro atoms. The summed E-state index contributed by atoms with van der Waals surface area (Å²) in [6.45, 7) is 2.33. The Labute approximate surface area is 308 Å². The minimum absolute atomic E-state index is 0.0272. The molecule has 4 heterocycles. The minimum atomic E-state index is -2.09. The molecule has 0 radical (unpaired) electrons. The van der Waals surface area contributed by atoms with Gasteiger partial charge in [-0.25, -0.2) is 5.21 Å². The van der Waals surface area contributed by atoms with E-state index in [9.17, 15) is 39.8 Å². The number of amides is 1. The number of carbonyl (C=O) groups excluding carboxylic acids is 3. The molecule has 16 heteroatoms. The van der Waals surface area contributed by atoms with Gasteiger partial charge < -0.3 is 43.8 Å². The van der Waals surface area contributed by atoms with Crippen LogP contribution in [0.3, 0.4) is 0 Å². The smallest absolute Gasteiger partial charge is 0.315 e. The molecule has 1 amide bonds. The largest absolute Gasteiger partial charge is 0.595 e. The summed E-state index contributed by atoms with van der Waals surface area (Å²) in [6, 6.07) is 8.66. The van der Waals surface area contributed by atoms with E-state index in [4.69, 9.17) is 30.5 Å². The third kappa shape index (κ3) is 5.61. The molecule has 6 atom stereocenters. The van der Waals surface area contributed by atoms with Crippen LogP contribution in [0.2, 0.25) is 5.02 Å². The van der Waals surface area contributed by atoms with Crippen molar-refractivity contribution in [2.45, 2.75) is 50.2 Å². The lowest BCUT2D eigenvalue weighted by atomic mass is 9.69. The number of quaternary nitrogens is 1. The average molecular weight is 752 g/mol. The van der Waals surface area contributed by atoms with E-state index < -0.39 is 45.5 Å². The molecule has 0 saturated carbocycles. The van der Waals surface area contributed by atoms with Crippen LogP contribution in [-0.2, 0) is 16.1 Å². The van der Waals surface area contributed by atoms with E-state index in [0.29, 0.717) is 17.7 Å². The van der Waals surface area contributed by atoms with Crippen molar-refractivity contribution in [3.8, 4) is 28.7 Å². The Morgan fingerprint density at radius 2 is 1.75 bits per heavy atom. The van der Waals surface area contributed by atoms with Crippen molar-refractivity contribution in [1.82, 2.24) is 9.47 Å². The van der Waals surface area contributed by atoms with Gasteiger partial charge in [0.25, 0.3) is 0 Å². The second-order valence-corrected chi connectivity index (χ2v) is 14.3. The Bertz CT molecular complexity index is 2150. The fourth-order valence-corrected chi connectivity index (χ4v) is 8.72. The van der Waals surface area contributed by atoms with Gasteiger partial charge in [-0.3, -0.25) is 19.2 Å². The SMILES string of the molecule is COc1cc(C(CC(=O)N2CC3CC(C2)c2ccc([NH+]([O-])O)c(=O)n2C3)C2=C(O)C3(Oc4c(Cl)c(OC)cc(OC)c4C3=O)C(C)CC2=O)ccc1O. The number of hydrogen-bond donors (Lipinski definition) is 4. The number of pyridine rings is 1. The first-order valence-electron chi connectivity index (χ1n) is 17.0. The number of phenols is 1. The van der Waals surface area contributed by atoms with Crippen molar-refractivity contribution in [3.05, 3.63) is 85.1 Å². The molecule has 280 valence electrons. The zero-order chi connectivity index (χ0) is 38.1. The summed E-state index contributed by atoms with van der Waals surface area (Å²) >= 11 is 6.62. The second-order valence-electron chi connectivity index (χ2n) is 13.9. The van der Waals surface area contributed by atoms with E-state index in [0.717, 1.165) is 0 Å². The summed E-state index contributed by atoms with van der Waals surface area (Å²) in [5.41, 5.74) is -2.25. The summed E-state index contributed by atoms with van der Waals surface area (Å²) in [5, 5.41) is 42.5. The molecule has 6 unspecified atom stereocenters. The number of allylic oxidation sites excluding steroid dienone is 1. The normalized spacial score (nSPS) is 24.4. The van der Waals surface area contributed by atoms with Crippen LogP contribution in [0, 0.1) is 17.0 Å². The van der Waals surface area contributed by atoms with Crippen LogP contribution in [0.25, 0.3) is 0 Å². The van der Waals surface area contributed by atoms with Gasteiger partial charge in [0, 0.05) is 73.6 Å². The number of benzene rings is 2. The molecule has 4 N–H and O–H groups in total. The molecule has 15 nitrogen and oxygen atoms in total. The Morgan fingerprint density at radius 3 is 2.43 bits per heavy atom. The van der Waals surface area contributed by atoms with Crippen LogP contribution < -0.4 is 29.7 Å². The lowest BCUT2D eigenvalue weighted by molar-refractivity contribution is -0.992. The lowest BCUT2D eigenvalue weighted by Gasteiger charge is -2.43. The zero-order valence-corrected chi connectivity index (χ0v) is 30.1. The number of phenolic OH excluding ortho intramolecular Hbond substituents is 1. The van der Waals surface area contributed by atoms with Crippen LogP contribution >= 0.6 is 11.6 Å². The Morgan fingerprint density at radius 1 is 1.04 bits per heavy atom. The van der Waals surface area contributed by atoms with Crippen LogP contribution in [-0.4, -0.2) is 82.4 Å². The molecule has 7 rings (SSSR count). The quantitative estimate of drug-likeness (QED) is 0.245. The average Bonchev–Trinajstić information content (AvgIpc) is 3.45. The standard InChI is InChI=1S/C37H38ClN3O12/c1-17-9-25(43)30(34(45)37(17)35(46)31-27(51-3)13-28(52-4)32(38)33(31)53-37)21(19-5-8-24(42)26(11-19)50-2)12-29(44)39-14-18-10-20(16-39)22-6-7-23(41(48)49)36(47)40(22)15-18/h5-8,11,13,17-18,20-21,41-42,45,48H,9-10,12,14-16H2,1-4H3. The summed E-state index contributed by atoms with van der Waals surface area (Å²) in [7, 11) is 4.09. The number of halogens is 1. The number of aliphatic hydroxyl groups excluding tert-OH is 1. The van der Waals surface area contributed by atoms with Gasteiger partial charge in [-0.15, -0.1) is 0 Å². The number of carbonyl (C=O) groups is 3. The topological polar surface area (TPSA) is 202 Å². The molecule has 2 bridgehead atoms. The molecule has 3 aliphatic heterocycles. The number of ether oxygens (including phenoxy) is 4. The molecular formula is C37H38ClN3O12. The second kappa shape index (κ2) is 13.4. The molecule has 53 heavy (non-hydrogen) atoms. The number of nitrogens with one attached hydrogen (secondary N) is 1. The lowest BCUT2D eigenvalue weighted by Crippen LogP contribution is -3.00. The first-order chi connectivity index (χ1) is 25.2. The van der Waals surface area contributed by atoms with Crippen LogP contribution in [0.1, 0.15) is 59.6 Å². The van der Waals surface area contributed by atoms with E-state index in [1.54, 1.807) is 17.9 Å². The van der Waals surface area contributed by atoms with E-state index in [1.165, 1.54) is 56.2 Å². The van der Waals surface area contributed by atoms with Gasteiger partial charge >= 0.3 is 5.56 Å². The van der Waals surface area contributed by atoms with Gasteiger partial charge in [-0.1, -0.05) is 24.6 Å². The number of nitrogens with zero attached hydrogens (tertiary/aromatic N) is 2. The third-order valence-corrected chi connectivity index (χ3v) is 11.4. The Balaban J connectivity index is 1.30. The molecule has 1 aromatic heterocycles. The van der Waals surface area contributed by atoms with Crippen LogP contribution in [0.4, 0.5) is 5.69 Å². The van der Waals surface area contributed by atoms with Crippen molar-refractivity contribution < 1.29 is 54.0 Å². The van der Waals surface area contributed by atoms with Gasteiger partial charge in [0.15, 0.2) is 28.8 Å². The van der Waals surface area contributed by atoms with Crippen molar-refractivity contribution in [1.29, 1.82) is 0 Å². The Kier molecular flexibility index (Phi) is 9.17. The highest BCUT2D eigenvalue weighted by atomic mass is 35.5. The van der Waals surface area contributed by atoms with Crippen LogP contribution in [0.15, 0.2) is 52.5 Å². The number of aromatic nitrogens is 1. The molecule has 3 aromatic rings. The molecule has 1 saturated heterocycles. The summed E-state index contributed by atoms with van der Waals surface area (Å²) in [5.74, 6) is -4.57. The summed E-state index contributed by atoms with van der Waals surface area (Å²) < 4.78 is 24.0. The highest BCUT2D eigenvalue weighted by Gasteiger charge is 2.61. The number of likely N-dealkylation sites (tertiary alicyclic amines) is 1. The number of piperidine rings is 1. The highest BCUT2D eigenvalue weighted by molar-refractivity contribution is 6.35. The monoisotopic (exact) mass is 751 g/mol. The number of aromatic hydroxyl groups is 1. The van der Waals surface area contributed by atoms with Crippen LogP contribution in [0.5, 0.6) is 28.7 Å².